The molecule has 2 fully saturated rings. The lowest BCUT2D eigenvalue weighted by Gasteiger charge is -2.25. The summed E-state index contributed by atoms with van der Waals surface area (Å²) in [5, 5.41) is 0. The molecule has 0 spiro atoms. The maximum atomic E-state index is 13.7. The Hall–Kier alpha value is -2.73. The largest absolute Gasteiger partial charge is 0.463 e. The molecule has 0 N–H and O–H groups in total. The number of benzene rings is 2. The molecule has 0 bridgehead atoms. The minimum Gasteiger partial charge on any atom is -0.463 e. The van der Waals surface area contributed by atoms with Crippen molar-refractivity contribution in [3.8, 4) is 0 Å². The number of hydrogen-bond acceptors (Lipinski definition) is 4. The standard InChI is InChI=1S/C26H30N2O3S/c1-3-11-21(25(29)31-4-2)24-23-22(18-32-24)27(16-19-12-7-5-8-13-19)26(30)28(23)17-20-14-9-6-10-15-20/h5-10,12-15,22-23H,3-4,11,16-18H2,1-2H3/t22-,23-/m1/s1. The quantitative estimate of drug-likeness (QED) is 0.314. The molecule has 0 unspecified atom stereocenters. The summed E-state index contributed by atoms with van der Waals surface area (Å²) < 4.78 is 5.39. The van der Waals surface area contributed by atoms with Gasteiger partial charge in [-0.2, -0.15) is 0 Å². The van der Waals surface area contributed by atoms with E-state index in [0.717, 1.165) is 33.8 Å². The summed E-state index contributed by atoms with van der Waals surface area (Å²) in [4.78, 5) is 31.4. The summed E-state index contributed by atoms with van der Waals surface area (Å²) in [5.74, 6) is 0.544. The summed E-state index contributed by atoms with van der Waals surface area (Å²) in [6.45, 7) is 5.35. The van der Waals surface area contributed by atoms with Gasteiger partial charge in [-0.15, -0.1) is 11.8 Å². The van der Waals surface area contributed by atoms with Gasteiger partial charge in [0.2, 0.25) is 0 Å². The van der Waals surface area contributed by atoms with E-state index in [2.05, 4.69) is 19.1 Å². The van der Waals surface area contributed by atoms with Crippen molar-refractivity contribution in [2.45, 2.75) is 51.9 Å². The number of hydrogen-bond donors (Lipinski definition) is 0. The maximum absolute atomic E-state index is 13.7. The number of nitrogens with zero attached hydrogens (tertiary/aromatic N) is 2. The first kappa shape index (κ1) is 22.5. The third kappa shape index (κ3) is 4.56. The maximum Gasteiger partial charge on any atom is 0.334 e. The molecule has 2 aromatic rings. The summed E-state index contributed by atoms with van der Waals surface area (Å²) >= 11 is 1.71. The van der Waals surface area contributed by atoms with E-state index in [1.165, 1.54) is 0 Å². The summed E-state index contributed by atoms with van der Waals surface area (Å²) in [7, 11) is 0. The fourth-order valence-corrected chi connectivity index (χ4v) is 6.06. The molecule has 6 heteroatoms. The van der Waals surface area contributed by atoms with E-state index in [4.69, 9.17) is 4.74 Å². The van der Waals surface area contributed by atoms with Gasteiger partial charge >= 0.3 is 12.0 Å². The molecule has 2 aliphatic heterocycles. The minimum absolute atomic E-state index is 0.0326. The lowest BCUT2D eigenvalue weighted by molar-refractivity contribution is -0.138. The predicted octanol–water partition coefficient (Wildman–Crippen LogP) is 5.23. The Morgan fingerprint density at radius 1 is 0.969 bits per heavy atom. The highest BCUT2D eigenvalue weighted by atomic mass is 32.2. The van der Waals surface area contributed by atoms with Gasteiger partial charge in [-0.1, -0.05) is 74.0 Å². The molecule has 0 aromatic heterocycles. The van der Waals surface area contributed by atoms with Gasteiger partial charge in [0.25, 0.3) is 0 Å². The van der Waals surface area contributed by atoms with Crippen molar-refractivity contribution in [2.75, 3.05) is 12.4 Å². The van der Waals surface area contributed by atoms with E-state index in [-0.39, 0.29) is 24.1 Å². The first-order valence-electron chi connectivity index (χ1n) is 11.3. The van der Waals surface area contributed by atoms with Gasteiger partial charge in [0, 0.05) is 29.3 Å². The van der Waals surface area contributed by atoms with Crippen LogP contribution in [0.15, 0.2) is 71.1 Å². The van der Waals surface area contributed by atoms with Crippen molar-refractivity contribution in [1.29, 1.82) is 0 Å². The van der Waals surface area contributed by atoms with Crippen LogP contribution in [0.2, 0.25) is 0 Å². The van der Waals surface area contributed by atoms with Crippen LogP contribution >= 0.6 is 11.8 Å². The van der Waals surface area contributed by atoms with Gasteiger partial charge in [0.15, 0.2) is 0 Å². The molecule has 5 nitrogen and oxygen atoms in total. The van der Waals surface area contributed by atoms with Crippen LogP contribution in [0, 0.1) is 0 Å². The molecule has 2 aliphatic rings. The lowest BCUT2D eigenvalue weighted by Crippen LogP contribution is -2.35. The van der Waals surface area contributed by atoms with E-state index in [0.29, 0.717) is 26.1 Å². The van der Waals surface area contributed by atoms with Gasteiger partial charge in [-0.3, -0.25) is 0 Å². The number of carbonyl (C=O) groups excluding carboxylic acids is 2. The highest BCUT2D eigenvalue weighted by Gasteiger charge is 2.52. The zero-order valence-electron chi connectivity index (χ0n) is 18.7. The monoisotopic (exact) mass is 450 g/mol. The zero-order valence-corrected chi connectivity index (χ0v) is 19.5. The predicted molar refractivity (Wildman–Crippen MR) is 128 cm³/mol. The Bertz CT molecular complexity index is 977. The molecular formula is C26H30N2O3S. The van der Waals surface area contributed by atoms with Gasteiger partial charge in [0.1, 0.15) is 0 Å². The molecule has 0 saturated carbocycles. The molecular weight excluding hydrogens is 420 g/mol. The van der Waals surface area contributed by atoms with Gasteiger partial charge in [0.05, 0.1) is 18.7 Å². The van der Waals surface area contributed by atoms with Crippen LogP contribution in [0.3, 0.4) is 0 Å². The Morgan fingerprint density at radius 2 is 1.56 bits per heavy atom. The topological polar surface area (TPSA) is 49.9 Å². The Morgan fingerprint density at radius 3 is 2.12 bits per heavy atom. The smallest absolute Gasteiger partial charge is 0.334 e. The van der Waals surface area contributed by atoms with Crippen LogP contribution in [0.25, 0.3) is 0 Å². The van der Waals surface area contributed by atoms with Crippen molar-refractivity contribution >= 4 is 23.8 Å². The van der Waals surface area contributed by atoms with Crippen LogP contribution in [0.4, 0.5) is 4.79 Å². The third-order valence-electron chi connectivity index (χ3n) is 5.98. The fourth-order valence-electron chi connectivity index (χ4n) is 4.53. The van der Waals surface area contributed by atoms with E-state index in [9.17, 15) is 9.59 Å². The molecule has 168 valence electrons. The average molecular weight is 451 g/mol. The Labute approximate surface area is 194 Å². The molecule has 32 heavy (non-hydrogen) atoms. The first-order valence-corrected chi connectivity index (χ1v) is 12.3. The van der Waals surface area contributed by atoms with E-state index < -0.39 is 0 Å². The van der Waals surface area contributed by atoms with E-state index >= 15 is 0 Å². The number of thioether (sulfide) groups is 1. The van der Waals surface area contributed by atoms with E-state index in [1.807, 2.05) is 65.3 Å². The SMILES string of the molecule is CCCC(C(=O)OCC)=C1SC[C@@H]2[C@H]1N(Cc1ccccc1)C(=O)N2Cc1ccccc1. The lowest BCUT2D eigenvalue weighted by atomic mass is 10.0. The van der Waals surface area contributed by atoms with Gasteiger partial charge in [-0.05, 0) is 24.5 Å². The van der Waals surface area contributed by atoms with Crippen molar-refractivity contribution in [3.05, 3.63) is 82.3 Å². The zero-order chi connectivity index (χ0) is 22.5. The normalized spacial score (nSPS) is 21.6. The number of amides is 2. The van der Waals surface area contributed by atoms with Crippen molar-refractivity contribution in [3.63, 3.8) is 0 Å². The van der Waals surface area contributed by atoms with Crippen LogP contribution < -0.4 is 0 Å². The van der Waals surface area contributed by atoms with Crippen LogP contribution in [-0.4, -0.2) is 46.2 Å². The second-order valence-electron chi connectivity index (χ2n) is 8.15. The summed E-state index contributed by atoms with van der Waals surface area (Å²) in [6.07, 6.45) is 1.52. The number of urea groups is 1. The molecule has 2 heterocycles. The molecule has 2 amide bonds. The average Bonchev–Trinajstić information content (AvgIpc) is 3.34. The van der Waals surface area contributed by atoms with Crippen LogP contribution in [-0.2, 0) is 22.6 Å². The van der Waals surface area contributed by atoms with Crippen molar-refractivity contribution in [2.24, 2.45) is 0 Å². The fraction of sp³-hybridized carbons (Fsp3) is 0.385. The number of carbonyl (C=O) groups is 2. The molecule has 2 aromatic carbocycles. The highest BCUT2D eigenvalue weighted by molar-refractivity contribution is 8.03. The number of ether oxygens (including phenoxy) is 1. The molecule has 2 atom stereocenters. The van der Waals surface area contributed by atoms with E-state index in [1.54, 1.807) is 11.8 Å². The minimum atomic E-state index is -0.244. The Balaban J connectivity index is 1.72. The third-order valence-corrected chi connectivity index (χ3v) is 7.29. The second kappa shape index (κ2) is 10.3. The summed E-state index contributed by atoms with van der Waals surface area (Å²) in [6, 6.07) is 20.1. The van der Waals surface area contributed by atoms with Crippen molar-refractivity contribution < 1.29 is 14.3 Å². The van der Waals surface area contributed by atoms with Gasteiger partial charge in [-0.25, -0.2) is 9.59 Å². The first-order chi connectivity index (χ1) is 15.6. The van der Waals surface area contributed by atoms with Gasteiger partial charge < -0.3 is 14.5 Å². The van der Waals surface area contributed by atoms with Crippen LogP contribution in [0.5, 0.6) is 0 Å². The molecule has 0 radical (unpaired) electrons. The molecule has 2 saturated heterocycles. The highest BCUT2D eigenvalue weighted by Crippen LogP contribution is 2.45. The summed E-state index contributed by atoms with van der Waals surface area (Å²) in [5.41, 5.74) is 2.94. The number of fused-ring (bicyclic) bond motifs is 1. The Kier molecular flexibility index (Phi) is 7.20. The second-order valence-corrected chi connectivity index (χ2v) is 9.21. The molecule has 4 rings (SSSR count). The number of esters is 1. The number of rotatable bonds is 8. The van der Waals surface area contributed by atoms with Crippen molar-refractivity contribution in [1.82, 2.24) is 9.80 Å². The molecule has 0 aliphatic carbocycles. The van der Waals surface area contributed by atoms with Crippen LogP contribution in [0.1, 0.15) is 37.8 Å².